The second kappa shape index (κ2) is 6.45. The van der Waals surface area contributed by atoms with Crippen LogP contribution >= 0.6 is 0 Å². The third-order valence-corrected chi connectivity index (χ3v) is 5.66. The van der Waals surface area contributed by atoms with Crippen LogP contribution in [0.15, 0.2) is 35.4 Å². The van der Waals surface area contributed by atoms with Gasteiger partial charge in [-0.3, -0.25) is 0 Å². The zero-order valence-corrected chi connectivity index (χ0v) is 14.4. The van der Waals surface area contributed by atoms with Crippen molar-refractivity contribution < 1.29 is 21.6 Å². The van der Waals surface area contributed by atoms with E-state index < -0.39 is 26.7 Å². The number of alkyl halides is 3. The van der Waals surface area contributed by atoms with Gasteiger partial charge in [-0.15, -0.1) is 0 Å². The maximum Gasteiger partial charge on any atom is 0.417 e. The Morgan fingerprint density at radius 1 is 1.28 bits per heavy atom. The van der Waals surface area contributed by atoms with Crippen LogP contribution in [0.3, 0.4) is 0 Å². The summed E-state index contributed by atoms with van der Waals surface area (Å²) in [7, 11) is -4.26. The minimum Gasteiger partial charge on any atom is -0.331 e. The van der Waals surface area contributed by atoms with Crippen molar-refractivity contribution in [3.8, 4) is 0 Å². The standard InChI is InChI=1S/C16H18F3N3O2S/c1-11-10-20-15(12-6-7-12)22(11)9-8-21-25(23,24)14-5-3-2-4-13(14)16(17,18)19/h2-5,10,12,21H,6-9H2,1H3. The Labute approximate surface area is 143 Å². The normalized spacial score (nSPS) is 15.5. The summed E-state index contributed by atoms with van der Waals surface area (Å²) in [5, 5.41) is 0. The molecule has 0 atom stereocenters. The number of halogens is 3. The molecule has 1 aromatic heterocycles. The predicted octanol–water partition coefficient (Wildman–Crippen LogP) is 3.07. The molecule has 0 unspecified atom stereocenters. The van der Waals surface area contributed by atoms with Gasteiger partial charge in [0.05, 0.1) is 10.5 Å². The first-order valence-corrected chi connectivity index (χ1v) is 9.36. The molecule has 1 saturated carbocycles. The van der Waals surface area contributed by atoms with Crippen LogP contribution < -0.4 is 4.72 Å². The second-order valence-corrected chi connectivity index (χ2v) is 7.81. The van der Waals surface area contributed by atoms with Gasteiger partial charge in [-0.25, -0.2) is 18.1 Å². The molecule has 9 heteroatoms. The van der Waals surface area contributed by atoms with Crippen molar-refractivity contribution >= 4 is 10.0 Å². The summed E-state index contributed by atoms with van der Waals surface area (Å²) in [6.07, 6.45) is -0.894. The number of benzene rings is 1. The molecular weight excluding hydrogens is 355 g/mol. The number of nitrogens with zero attached hydrogens (tertiary/aromatic N) is 2. The zero-order chi connectivity index (χ0) is 18.2. The van der Waals surface area contributed by atoms with Gasteiger partial charge < -0.3 is 4.57 Å². The molecule has 1 aliphatic rings. The van der Waals surface area contributed by atoms with Gasteiger partial charge in [0.2, 0.25) is 10.0 Å². The van der Waals surface area contributed by atoms with Gasteiger partial charge >= 0.3 is 6.18 Å². The van der Waals surface area contributed by atoms with Gasteiger partial charge in [-0.2, -0.15) is 13.2 Å². The van der Waals surface area contributed by atoms with Crippen molar-refractivity contribution in [3.63, 3.8) is 0 Å². The van der Waals surface area contributed by atoms with Gasteiger partial charge in [0.1, 0.15) is 5.82 Å². The first kappa shape index (κ1) is 17.9. The molecule has 0 saturated heterocycles. The molecule has 0 amide bonds. The topological polar surface area (TPSA) is 64.0 Å². The monoisotopic (exact) mass is 373 g/mol. The van der Waals surface area contributed by atoms with Crippen LogP contribution in [-0.4, -0.2) is 24.5 Å². The predicted molar refractivity (Wildman–Crippen MR) is 85.6 cm³/mol. The van der Waals surface area contributed by atoms with Crippen LogP contribution in [0.5, 0.6) is 0 Å². The first-order valence-electron chi connectivity index (χ1n) is 7.88. The largest absolute Gasteiger partial charge is 0.417 e. The van der Waals surface area contributed by atoms with Crippen molar-refractivity contribution in [2.75, 3.05) is 6.54 Å². The fourth-order valence-electron chi connectivity index (χ4n) is 2.74. The average molecular weight is 373 g/mol. The zero-order valence-electron chi connectivity index (χ0n) is 13.5. The Hall–Kier alpha value is -1.87. The SMILES string of the molecule is Cc1cnc(C2CC2)n1CCNS(=O)(=O)c1ccccc1C(F)(F)F. The van der Waals surface area contributed by atoms with Gasteiger partial charge in [0.15, 0.2) is 0 Å². The van der Waals surface area contributed by atoms with E-state index in [0.29, 0.717) is 12.5 Å². The highest BCUT2D eigenvalue weighted by atomic mass is 32.2. The molecule has 0 spiro atoms. The molecular formula is C16H18F3N3O2S. The van der Waals surface area contributed by atoms with E-state index in [2.05, 4.69) is 9.71 Å². The van der Waals surface area contributed by atoms with E-state index in [-0.39, 0.29) is 6.54 Å². The average Bonchev–Trinajstić information content (AvgIpc) is 3.31. The Kier molecular flexibility index (Phi) is 4.63. The Morgan fingerprint density at radius 3 is 2.60 bits per heavy atom. The van der Waals surface area contributed by atoms with E-state index in [1.165, 1.54) is 12.1 Å². The summed E-state index contributed by atoms with van der Waals surface area (Å²) in [6, 6.07) is 4.16. The lowest BCUT2D eigenvalue weighted by Crippen LogP contribution is -2.29. The van der Waals surface area contributed by atoms with Crippen LogP contribution in [0.2, 0.25) is 0 Å². The first-order chi connectivity index (χ1) is 11.7. The Balaban J connectivity index is 1.74. The molecule has 136 valence electrons. The number of rotatable bonds is 6. The maximum atomic E-state index is 13.0. The van der Waals surface area contributed by atoms with E-state index in [1.807, 2.05) is 11.5 Å². The van der Waals surface area contributed by atoms with E-state index in [0.717, 1.165) is 36.5 Å². The molecule has 25 heavy (non-hydrogen) atoms. The van der Waals surface area contributed by atoms with Crippen LogP contribution in [0.25, 0.3) is 0 Å². The van der Waals surface area contributed by atoms with Crippen molar-refractivity contribution in [1.29, 1.82) is 0 Å². The van der Waals surface area contributed by atoms with Gasteiger partial charge in [-0.05, 0) is 31.9 Å². The summed E-state index contributed by atoms with van der Waals surface area (Å²) >= 11 is 0. The smallest absolute Gasteiger partial charge is 0.331 e. The van der Waals surface area contributed by atoms with E-state index in [1.54, 1.807) is 6.20 Å². The molecule has 1 fully saturated rings. The molecule has 5 nitrogen and oxygen atoms in total. The van der Waals surface area contributed by atoms with Gasteiger partial charge in [0, 0.05) is 30.9 Å². The van der Waals surface area contributed by atoms with Crippen LogP contribution in [0, 0.1) is 6.92 Å². The summed E-state index contributed by atoms with van der Waals surface area (Å²) in [4.78, 5) is 3.58. The highest BCUT2D eigenvalue weighted by Crippen LogP contribution is 2.39. The number of aromatic nitrogens is 2. The third kappa shape index (κ3) is 3.87. The molecule has 0 bridgehead atoms. The lowest BCUT2D eigenvalue weighted by Gasteiger charge is -2.14. The number of aryl methyl sites for hydroxylation is 1. The fraction of sp³-hybridized carbons (Fsp3) is 0.438. The Bertz CT molecular complexity index is 871. The summed E-state index contributed by atoms with van der Waals surface area (Å²) in [6.45, 7) is 2.18. The summed E-state index contributed by atoms with van der Waals surface area (Å²) < 4.78 is 67.9. The van der Waals surface area contributed by atoms with Gasteiger partial charge in [0.25, 0.3) is 0 Å². The van der Waals surface area contributed by atoms with E-state index >= 15 is 0 Å². The highest BCUT2D eigenvalue weighted by Gasteiger charge is 2.36. The fourth-order valence-corrected chi connectivity index (χ4v) is 3.99. The van der Waals surface area contributed by atoms with Crippen LogP contribution in [0.4, 0.5) is 13.2 Å². The molecule has 1 N–H and O–H groups in total. The van der Waals surface area contributed by atoms with E-state index in [4.69, 9.17) is 0 Å². The van der Waals surface area contributed by atoms with Crippen LogP contribution in [0.1, 0.15) is 35.8 Å². The lowest BCUT2D eigenvalue weighted by atomic mass is 10.2. The van der Waals surface area contributed by atoms with Crippen molar-refractivity contribution in [2.24, 2.45) is 0 Å². The highest BCUT2D eigenvalue weighted by molar-refractivity contribution is 7.89. The Morgan fingerprint density at radius 2 is 1.96 bits per heavy atom. The summed E-state index contributed by atoms with van der Waals surface area (Å²) in [5.74, 6) is 1.31. The van der Waals surface area contributed by atoms with Crippen LogP contribution in [-0.2, 0) is 22.7 Å². The molecule has 0 radical (unpaired) electrons. The number of hydrogen-bond acceptors (Lipinski definition) is 3. The third-order valence-electron chi connectivity index (χ3n) is 4.14. The molecule has 1 aromatic carbocycles. The number of sulfonamides is 1. The van der Waals surface area contributed by atoms with E-state index in [9.17, 15) is 21.6 Å². The molecule has 2 aromatic rings. The lowest BCUT2D eigenvalue weighted by molar-refractivity contribution is -0.139. The quantitative estimate of drug-likeness (QED) is 0.846. The number of imidazole rings is 1. The molecule has 1 heterocycles. The van der Waals surface area contributed by atoms with Crippen molar-refractivity contribution in [2.45, 2.75) is 43.3 Å². The minimum absolute atomic E-state index is 0.00849. The van der Waals surface area contributed by atoms with Gasteiger partial charge in [-0.1, -0.05) is 12.1 Å². The number of nitrogens with one attached hydrogen (secondary N) is 1. The summed E-state index contributed by atoms with van der Waals surface area (Å²) in [5.41, 5.74) is -0.267. The molecule has 0 aliphatic heterocycles. The van der Waals surface area contributed by atoms with Crippen molar-refractivity contribution in [3.05, 3.63) is 47.5 Å². The molecule has 3 rings (SSSR count). The number of hydrogen-bond donors (Lipinski definition) is 1. The molecule has 1 aliphatic carbocycles. The van der Waals surface area contributed by atoms with Crippen molar-refractivity contribution in [1.82, 2.24) is 14.3 Å². The minimum atomic E-state index is -4.73. The maximum absolute atomic E-state index is 13.0. The second-order valence-electron chi connectivity index (χ2n) is 6.08.